The quantitative estimate of drug-likeness (QED) is 0.750. The molecule has 2 rings (SSSR count). The van der Waals surface area contributed by atoms with Crippen LogP contribution in [0.4, 0.5) is 5.82 Å². The number of carbonyl (C=O) groups excluding carboxylic acids is 1. The number of anilines is 1. The van der Waals surface area contributed by atoms with Gasteiger partial charge in [0.1, 0.15) is 5.82 Å². The van der Waals surface area contributed by atoms with Crippen LogP contribution in [0.1, 0.15) is 37.3 Å². The van der Waals surface area contributed by atoms with Gasteiger partial charge in [0.05, 0.1) is 6.04 Å². The number of nitrogens with zero attached hydrogens (tertiary/aromatic N) is 1. The van der Waals surface area contributed by atoms with Gasteiger partial charge >= 0.3 is 0 Å². The van der Waals surface area contributed by atoms with Crippen LogP contribution in [0.15, 0.2) is 12.3 Å². The Morgan fingerprint density at radius 2 is 2.31 bits per heavy atom. The predicted octanol–water partition coefficient (Wildman–Crippen LogP) is 1.42. The smallest absolute Gasteiger partial charge is 0.242 e. The normalized spacial score (nSPS) is 20.2. The molecule has 3 N–H and O–H groups in total. The van der Waals surface area contributed by atoms with E-state index in [4.69, 9.17) is 5.73 Å². The van der Waals surface area contributed by atoms with E-state index in [9.17, 15) is 4.79 Å². The van der Waals surface area contributed by atoms with Crippen molar-refractivity contribution in [1.29, 1.82) is 0 Å². The lowest BCUT2D eigenvalue weighted by molar-refractivity contribution is -0.117. The van der Waals surface area contributed by atoms with E-state index in [2.05, 4.69) is 30.2 Å². The Kier molecular flexibility index (Phi) is 2.92. The van der Waals surface area contributed by atoms with Crippen molar-refractivity contribution in [3.05, 3.63) is 23.4 Å². The zero-order valence-electron chi connectivity index (χ0n) is 9.66. The number of hydrogen-bond donors (Lipinski definition) is 2. The van der Waals surface area contributed by atoms with Gasteiger partial charge in [-0.3, -0.25) is 4.79 Å². The van der Waals surface area contributed by atoms with Crippen LogP contribution in [0, 0.1) is 0 Å². The summed E-state index contributed by atoms with van der Waals surface area (Å²) in [6.45, 7) is 4.26. The minimum Gasteiger partial charge on any atom is -0.320 e. The van der Waals surface area contributed by atoms with Crippen molar-refractivity contribution in [3.63, 3.8) is 0 Å². The Bertz CT molecular complexity index is 415. The predicted molar refractivity (Wildman–Crippen MR) is 63.3 cm³/mol. The molecule has 0 fully saturated rings. The van der Waals surface area contributed by atoms with Crippen LogP contribution in [-0.2, 0) is 11.2 Å². The lowest BCUT2D eigenvalue weighted by Gasteiger charge is -2.10. The second kappa shape index (κ2) is 4.22. The monoisotopic (exact) mass is 219 g/mol. The van der Waals surface area contributed by atoms with E-state index in [0.717, 1.165) is 12.0 Å². The van der Waals surface area contributed by atoms with Gasteiger partial charge in [-0.05, 0) is 29.9 Å². The van der Waals surface area contributed by atoms with Gasteiger partial charge in [-0.25, -0.2) is 4.98 Å². The molecule has 1 aliphatic rings. The summed E-state index contributed by atoms with van der Waals surface area (Å²) in [5.74, 6) is 0.983. The molecule has 1 aliphatic heterocycles. The number of fused-ring (bicyclic) bond motifs is 1. The van der Waals surface area contributed by atoms with E-state index in [1.165, 1.54) is 5.56 Å². The van der Waals surface area contributed by atoms with E-state index in [0.29, 0.717) is 18.2 Å². The maximum atomic E-state index is 11.5. The van der Waals surface area contributed by atoms with E-state index in [1.54, 1.807) is 0 Å². The molecule has 86 valence electrons. The number of nitrogens with two attached hydrogens (primary N) is 1. The van der Waals surface area contributed by atoms with E-state index < -0.39 is 6.04 Å². The van der Waals surface area contributed by atoms with Crippen LogP contribution in [-0.4, -0.2) is 16.9 Å². The van der Waals surface area contributed by atoms with Gasteiger partial charge in [0, 0.05) is 6.20 Å². The fraction of sp³-hybridized carbons (Fsp3) is 0.500. The summed E-state index contributed by atoms with van der Waals surface area (Å²) in [6, 6.07) is 1.70. The van der Waals surface area contributed by atoms with E-state index in [1.807, 2.05) is 6.20 Å². The number of carbonyl (C=O) groups is 1. The molecule has 0 spiro atoms. The van der Waals surface area contributed by atoms with Crippen LogP contribution in [0.2, 0.25) is 0 Å². The number of pyridine rings is 1. The molecule has 4 heteroatoms. The second-order valence-electron chi connectivity index (χ2n) is 4.57. The van der Waals surface area contributed by atoms with Crippen molar-refractivity contribution >= 4 is 11.7 Å². The van der Waals surface area contributed by atoms with Crippen molar-refractivity contribution in [2.24, 2.45) is 5.73 Å². The van der Waals surface area contributed by atoms with Crippen LogP contribution in [0.25, 0.3) is 0 Å². The lowest BCUT2D eigenvalue weighted by Crippen LogP contribution is -2.34. The number of rotatable bonds is 1. The van der Waals surface area contributed by atoms with Gasteiger partial charge in [0.15, 0.2) is 0 Å². The second-order valence-corrected chi connectivity index (χ2v) is 4.57. The minimum atomic E-state index is -0.420. The van der Waals surface area contributed by atoms with E-state index >= 15 is 0 Å². The van der Waals surface area contributed by atoms with Crippen molar-refractivity contribution in [1.82, 2.24) is 4.98 Å². The Morgan fingerprint density at radius 3 is 3.00 bits per heavy atom. The van der Waals surface area contributed by atoms with Crippen molar-refractivity contribution in [2.75, 3.05) is 5.32 Å². The fourth-order valence-electron chi connectivity index (χ4n) is 1.80. The zero-order valence-corrected chi connectivity index (χ0v) is 9.66. The highest BCUT2D eigenvalue weighted by molar-refractivity contribution is 5.95. The number of hydrogen-bond acceptors (Lipinski definition) is 3. The Hall–Kier alpha value is -1.42. The maximum absolute atomic E-state index is 11.5. The number of aryl methyl sites for hydroxylation is 1. The highest BCUT2D eigenvalue weighted by atomic mass is 16.2. The first-order valence-electron chi connectivity index (χ1n) is 5.63. The van der Waals surface area contributed by atoms with Crippen molar-refractivity contribution in [3.8, 4) is 0 Å². The fourth-order valence-corrected chi connectivity index (χ4v) is 1.80. The molecular weight excluding hydrogens is 202 g/mol. The molecule has 0 saturated heterocycles. The third-order valence-electron chi connectivity index (χ3n) is 2.96. The average molecular weight is 219 g/mol. The molecule has 0 saturated carbocycles. The summed E-state index contributed by atoms with van der Waals surface area (Å²) in [7, 11) is 0. The lowest BCUT2D eigenvalue weighted by atomic mass is 10.0. The summed E-state index contributed by atoms with van der Waals surface area (Å²) >= 11 is 0. The summed E-state index contributed by atoms with van der Waals surface area (Å²) in [6.07, 6.45) is 3.31. The molecule has 0 aromatic carbocycles. The molecule has 0 aliphatic carbocycles. The molecule has 0 radical (unpaired) electrons. The first kappa shape index (κ1) is 11.1. The Balaban J connectivity index is 2.35. The summed E-state index contributed by atoms with van der Waals surface area (Å²) < 4.78 is 0. The first-order valence-corrected chi connectivity index (χ1v) is 5.63. The number of amides is 1. The third kappa shape index (κ3) is 2.07. The van der Waals surface area contributed by atoms with Gasteiger partial charge in [-0.15, -0.1) is 0 Å². The minimum absolute atomic E-state index is 0.136. The van der Waals surface area contributed by atoms with Gasteiger partial charge in [0.2, 0.25) is 5.91 Å². The van der Waals surface area contributed by atoms with Gasteiger partial charge in [-0.1, -0.05) is 19.9 Å². The molecular formula is C12H17N3O. The molecule has 2 heterocycles. The summed E-state index contributed by atoms with van der Waals surface area (Å²) in [5, 5.41) is 2.76. The molecule has 4 nitrogen and oxygen atoms in total. The van der Waals surface area contributed by atoms with Crippen LogP contribution >= 0.6 is 0 Å². The zero-order chi connectivity index (χ0) is 11.7. The molecule has 1 aromatic heterocycles. The van der Waals surface area contributed by atoms with Gasteiger partial charge < -0.3 is 11.1 Å². The molecule has 1 atom stereocenters. The Morgan fingerprint density at radius 1 is 1.56 bits per heavy atom. The standard InChI is InChI=1S/C12H17N3O/c1-7(2)9-5-8-3-4-10(13)12(16)15-11(8)14-6-9/h5-7,10H,3-4,13H2,1-2H3,(H,14,15,16). The molecule has 16 heavy (non-hydrogen) atoms. The highest BCUT2D eigenvalue weighted by Crippen LogP contribution is 2.23. The number of aromatic nitrogens is 1. The first-order chi connectivity index (χ1) is 7.58. The third-order valence-corrected chi connectivity index (χ3v) is 2.96. The molecule has 1 aromatic rings. The number of nitrogens with one attached hydrogen (secondary N) is 1. The van der Waals surface area contributed by atoms with Crippen LogP contribution in [0.5, 0.6) is 0 Å². The largest absolute Gasteiger partial charge is 0.320 e. The van der Waals surface area contributed by atoms with Crippen LogP contribution < -0.4 is 11.1 Å². The molecule has 1 amide bonds. The summed E-state index contributed by atoms with van der Waals surface area (Å²) in [4.78, 5) is 15.8. The summed E-state index contributed by atoms with van der Waals surface area (Å²) in [5.41, 5.74) is 8.00. The maximum Gasteiger partial charge on any atom is 0.242 e. The Labute approximate surface area is 95.3 Å². The highest BCUT2D eigenvalue weighted by Gasteiger charge is 2.21. The van der Waals surface area contributed by atoms with Crippen molar-refractivity contribution < 1.29 is 4.79 Å². The van der Waals surface area contributed by atoms with Crippen LogP contribution in [0.3, 0.4) is 0 Å². The molecule has 1 unspecified atom stereocenters. The van der Waals surface area contributed by atoms with E-state index in [-0.39, 0.29) is 5.91 Å². The SMILES string of the molecule is CC(C)c1cnc2c(c1)CCC(N)C(=O)N2. The molecule has 0 bridgehead atoms. The van der Waals surface area contributed by atoms with Gasteiger partial charge in [0.25, 0.3) is 0 Å². The van der Waals surface area contributed by atoms with Gasteiger partial charge in [-0.2, -0.15) is 0 Å². The average Bonchev–Trinajstić information content (AvgIpc) is 2.39. The topological polar surface area (TPSA) is 68.0 Å². The van der Waals surface area contributed by atoms with Crippen molar-refractivity contribution in [2.45, 2.75) is 38.6 Å².